The van der Waals surface area contributed by atoms with E-state index >= 15 is 0 Å². The van der Waals surface area contributed by atoms with Crippen LogP contribution in [-0.2, 0) is 24.3 Å². The largest absolute Gasteiger partial charge is 0.415 e. The molecule has 0 amide bonds. The van der Waals surface area contributed by atoms with Gasteiger partial charge in [0.25, 0.3) is 0 Å². The van der Waals surface area contributed by atoms with Crippen LogP contribution in [0, 0.1) is 0 Å². The molecule has 1 aromatic rings. The molecule has 0 bridgehead atoms. The molecular weight excluding hydrogens is 302 g/mol. The molecule has 0 spiro atoms. The van der Waals surface area contributed by atoms with Crippen molar-refractivity contribution in [2.24, 2.45) is 0 Å². The zero-order valence-corrected chi connectivity index (χ0v) is 15.7. The van der Waals surface area contributed by atoms with Crippen molar-refractivity contribution in [1.82, 2.24) is 4.98 Å². The molecule has 0 saturated carbocycles. The Balaban J connectivity index is 2.39. The van der Waals surface area contributed by atoms with Crippen LogP contribution < -0.4 is 0 Å². The second kappa shape index (κ2) is 8.77. The van der Waals surface area contributed by atoms with E-state index in [9.17, 15) is 0 Å². The highest BCUT2D eigenvalue weighted by Gasteiger charge is 2.36. The minimum atomic E-state index is -2.22. The summed E-state index contributed by atoms with van der Waals surface area (Å²) in [6, 6.07) is 3.91. The van der Waals surface area contributed by atoms with E-state index in [0.717, 1.165) is 5.56 Å². The van der Waals surface area contributed by atoms with Crippen molar-refractivity contribution < 1.29 is 17.7 Å². The van der Waals surface area contributed by atoms with Gasteiger partial charge in [0.15, 0.2) is 0 Å². The van der Waals surface area contributed by atoms with E-state index in [2.05, 4.69) is 4.98 Å². The van der Waals surface area contributed by atoms with Crippen molar-refractivity contribution >= 4 is 17.1 Å². The van der Waals surface area contributed by atoms with E-state index in [0.29, 0.717) is 26.4 Å². The predicted octanol–water partition coefficient (Wildman–Crippen LogP) is 3.07. The predicted molar refractivity (Wildman–Crippen MR) is 87.5 cm³/mol. The van der Waals surface area contributed by atoms with Gasteiger partial charge in [-0.05, 0) is 44.7 Å². The number of ether oxygens (including phenoxy) is 1. The first kappa shape index (κ1) is 18.5. The first-order chi connectivity index (χ1) is 9.85. The summed E-state index contributed by atoms with van der Waals surface area (Å²) in [4.78, 5) is 4.08. The number of pyridine rings is 1. The smallest absolute Gasteiger partial charge is 0.323 e. The minimum absolute atomic E-state index is 0.524. The van der Waals surface area contributed by atoms with Crippen molar-refractivity contribution in [2.45, 2.75) is 39.7 Å². The Morgan fingerprint density at radius 1 is 1.05 bits per heavy atom. The van der Waals surface area contributed by atoms with Gasteiger partial charge < -0.3 is 17.7 Å². The summed E-state index contributed by atoms with van der Waals surface area (Å²) in [7, 11) is -4.41. The number of rotatable bonds is 10. The molecular formula is C14H27NO4Si2. The SMILES string of the molecule is CCOCCO[Si](C)(C)O[Si](C)(C)OCc1cccnc1. The molecule has 0 aliphatic carbocycles. The van der Waals surface area contributed by atoms with Crippen molar-refractivity contribution in [2.75, 3.05) is 19.8 Å². The van der Waals surface area contributed by atoms with Crippen molar-refractivity contribution in [3.8, 4) is 0 Å². The van der Waals surface area contributed by atoms with Crippen LogP contribution in [0.15, 0.2) is 24.5 Å². The fourth-order valence-corrected chi connectivity index (χ4v) is 8.18. The number of hydrogen-bond acceptors (Lipinski definition) is 5. The van der Waals surface area contributed by atoms with E-state index in [1.54, 1.807) is 6.20 Å². The highest BCUT2D eigenvalue weighted by atomic mass is 28.5. The number of aromatic nitrogens is 1. The molecule has 0 aliphatic rings. The van der Waals surface area contributed by atoms with Crippen LogP contribution in [-0.4, -0.2) is 41.9 Å². The van der Waals surface area contributed by atoms with Crippen LogP contribution in [0.1, 0.15) is 12.5 Å². The van der Waals surface area contributed by atoms with Gasteiger partial charge in [0.2, 0.25) is 0 Å². The first-order valence-corrected chi connectivity index (χ1v) is 12.9. The Labute approximate surface area is 130 Å². The fourth-order valence-electron chi connectivity index (χ4n) is 1.88. The lowest BCUT2D eigenvalue weighted by Gasteiger charge is -2.32. The van der Waals surface area contributed by atoms with Crippen LogP contribution in [0.25, 0.3) is 0 Å². The molecule has 0 saturated heterocycles. The maximum atomic E-state index is 6.18. The summed E-state index contributed by atoms with van der Waals surface area (Å²) in [5, 5.41) is 0. The molecule has 21 heavy (non-hydrogen) atoms. The highest BCUT2D eigenvalue weighted by molar-refractivity contribution is 6.78. The maximum absolute atomic E-state index is 6.18. The molecule has 1 heterocycles. The third-order valence-electron chi connectivity index (χ3n) is 2.68. The second-order valence-electron chi connectivity index (χ2n) is 5.60. The highest BCUT2D eigenvalue weighted by Crippen LogP contribution is 2.18. The lowest BCUT2D eigenvalue weighted by Crippen LogP contribution is -2.48. The normalized spacial score (nSPS) is 12.6. The van der Waals surface area contributed by atoms with Gasteiger partial charge in [-0.3, -0.25) is 4.98 Å². The standard InChI is InChI=1S/C14H27NO4Si2/c1-6-16-10-11-17-20(2,3)19-21(4,5)18-13-14-8-7-9-15-12-14/h7-9,12H,6,10-11,13H2,1-5H3. The van der Waals surface area contributed by atoms with Crippen molar-refractivity contribution in [3.63, 3.8) is 0 Å². The van der Waals surface area contributed by atoms with Crippen LogP contribution >= 0.6 is 0 Å². The Bertz CT molecular complexity index is 401. The molecule has 1 rings (SSSR count). The average Bonchev–Trinajstić information content (AvgIpc) is 2.42. The van der Waals surface area contributed by atoms with E-state index in [1.165, 1.54) is 0 Å². The Morgan fingerprint density at radius 2 is 1.76 bits per heavy atom. The molecule has 0 aromatic carbocycles. The van der Waals surface area contributed by atoms with Gasteiger partial charge in [0.1, 0.15) is 0 Å². The molecule has 5 nitrogen and oxygen atoms in total. The monoisotopic (exact) mass is 329 g/mol. The van der Waals surface area contributed by atoms with E-state index in [-0.39, 0.29) is 0 Å². The van der Waals surface area contributed by atoms with Crippen molar-refractivity contribution in [3.05, 3.63) is 30.1 Å². The lowest BCUT2D eigenvalue weighted by molar-refractivity contribution is 0.0949. The summed E-state index contributed by atoms with van der Waals surface area (Å²) < 4.78 is 23.3. The lowest BCUT2D eigenvalue weighted by atomic mass is 10.3. The van der Waals surface area contributed by atoms with Gasteiger partial charge in [-0.2, -0.15) is 0 Å². The minimum Gasteiger partial charge on any atom is -0.415 e. The van der Waals surface area contributed by atoms with E-state index in [1.807, 2.05) is 51.4 Å². The summed E-state index contributed by atoms with van der Waals surface area (Å²) in [6.45, 7) is 12.6. The number of nitrogens with zero attached hydrogens (tertiary/aromatic N) is 1. The summed E-state index contributed by atoms with van der Waals surface area (Å²) in [6.07, 6.45) is 3.57. The fraction of sp³-hybridized carbons (Fsp3) is 0.643. The molecule has 0 fully saturated rings. The van der Waals surface area contributed by atoms with E-state index < -0.39 is 17.1 Å². The second-order valence-corrected chi connectivity index (χ2v) is 12.6. The molecule has 7 heteroatoms. The van der Waals surface area contributed by atoms with Crippen LogP contribution in [0.5, 0.6) is 0 Å². The third-order valence-corrected chi connectivity index (χ3v) is 8.35. The summed E-state index contributed by atoms with van der Waals surface area (Å²) in [5.41, 5.74) is 1.05. The maximum Gasteiger partial charge on any atom is 0.323 e. The molecule has 0 radical (unpaired) electrons. The molecule has 1 aromatic heterocycles. The van der Waals surface area contributed by atoms with Crippen LogP contribution in [0.2, 0.25) is 26.2 Å². The third kappa shape index (κ3) is 8.45. The van der Waals surface area contributed by atoms with Crippen LogP contribution in [0.3, 0.4) is 0 Å². The first-order valence-electron chi connectivity index (χ1n) is 7.29. The van der Waals surface area contributed by atoms with E-state index in [4.69, 9.17) is 17.7 Å². The van der Waals surface area contributed by atoms with Gasteiger partial charge >= 0.3 is 17.1 Å². The van der Waals surface area contributed by atoms with Gasteiger partial charge in [0, 0.05) is 19.0 Å². The molecule has 0 unspecified atom stereocenters. The Morgan fingerprint density at radius 3 is 2.38 bits per heavy atom. The topological polar surface area (TPSA) is 49.8 Å². The summed E-state index contributed by atoms with van der Waals surface area (Å²) in [5.74, 6) is 0. The molecule has 0 N–H and O–H groups in total. The zero-order chi connectivity index (χ0) is 15.8. The number of hydrogen-bond donors (Lipinski definition) is 0. The van der Waals surface area contributed by atoms with Crippen LogP contribution in [0.4, 0.5) is 0 Å². The Hall–Kier alpha value is -0.576. The molecule has 0 aliphatic heterocycles. The molecule has 0 atom stereocenters. The quantitative estimate of drug-likeness (QED) is 0.488. The summed E-state index contributed by atoms with van der Waals surface area (Å²) >= 11 is 0. The zero-order valence-electron chi connectivity index (χ0n) is 13.7. The molecule has 120 valence electrons. The van der Waals surface area contributed by atoms with Gasteiger partial charge in [-0.25, -0.2) is 0 Å². The van der Waals surface area contributed by atoms with Gasteiger partial charge in [-0.15, -0.1) is 0 Å². The average molecular weight is 330 g/mol. The Kier molecular flexibility index (Phi) is 7.71. The van der Waals surface area contributed by atoms with Crippen molar-refractivity contribution in [1.29, 1.82) is 0 Å². The van der Waals surface area contributed by atoms with Gasteiger partial charge in [0.05, 0.1) is 19.8 Å². The van der Waals surface area contributed by atoms with Gasteiger partial charge in [-0.1, -0.05) is 6.07 Å².